The molecule has 0 spiro atoms. The van der Waals surface area contributed by atoms with Gasteiger partial charge >= 0.3 is 0 Å². The van der Waals surface area contributed by atoms with Gasteiger partial charge < -0.3 is 19.6 Å². The number of nitrogens with zero attached hydrogens (tertiary/aromatic N) is 4. The van der Waals surface area contributed by atoms with Crippen molar-refractivity contribution in [2.24, 2.45) is 0 Å². The van der Waals surface area contributed by atoms with Gasteiger partial charge in [-0.2, -0.15) is 0 Å². The van der Waals surface area contributed by atoms with Gasteiger partial charge in [-0.3, -0.25) is 19.2 Å². The molecule has 0 aliphatic heterocycles. The molecule has 0 heterocycles. The average molecular weight is 423 g/mol. The zero-order chi connectivity index (χ0) is 24.3. The summed E-state index contributed by atoms with van der Waals surface area (Å²) in [5.74, 6) is -1.28. The van der Waals surface area contributed by atoms with E-state index in [4.69, 9.17) is 9.22 Å². The second-order valence-corrected chi connectivity index (χ2v) is 7.34. The number of hydrogen-bond donors (Lipinski definition) is 0. The van der Waals surface area contributed by atoms with Gasteiger partial charge in [0.05, 0.1) is 7.85 Å². The van der Waals surface area contributed by atoms with E-state index >= 15 is 0 Å². The summed E-state index contributed by atoms with van der Waals surface area (Å²) >= 11 is 0. The monoisotopic (exact) mass is 423 g/mol. The Labute approximate surface area is 184 Å². The van der Waals surface area contributed by atoms with E-state index in [9.17, 15) is 19.2 Å². The summed E-state index contributed by atoms with van der Waals surface area (Å²) in [6, 6.07) is -2.38. The lowest BCUT2D eigenvalue weighted by atomic mass is 10.0. The smallest absolute Gasteiger partial charge is 0.245 e. The Balaban J connectivity index is 6.01. The lowest BCUT2D eigenvalue weighted by molar-refractivity contribution is -0.154. The molecule has 0 aromatic carbocycles. The molecule has 0 aliphatic rings. The van der Waals surface area contributed by atoms with Gasteiger partial charge in [-0.25, -0.2) is 0 Å². The van der Waals surface area contributed by atoms with E-state index in [0.717, 1.165) is 0 Å². The van der Waals surface area contributed by atoms with Crippen LogP contribution in [0.25, 0.3) is 0 Å². The van der Waals surface area contributed by atoms with Crippen molar-refractivity contribution >= 4 is 31.5 Å². The van der Waals surface area contributed by atoms with Crippen LogP contribution in [0.5, 0.6) is 0 Å². The van der Waals surface area contributed by atoms with Crippen molar-refractivity contribution in [1.82, 2.24) is 19.6 Å². The van der Waals surface area contributed by atoms with Crippen LogP contribution in [-0.2, 0) is 19.2 Å². The zero-order valence-electron chi connectivity index (χ0n) is 20.7. The van der Waals surface area contributed by atoms with Crippen molar-refractivity contribution in [1.29, 1.82) is 0 Å². The highest BCUT2D eigenvalue weighted by Crippen LogP contribution is 2.17. The van der Waals surface area contributed by atoms with Crippen molar-refractivity contribution < 1.29 is 20.5 Å². The average Bonchev–Trinajstić information content (AvgIpc) is 2.76. The third-order valence-corrected chi connectivity index (χ3v) is 5.31. The molecular formula is C21H39BN4O4. The zero-order valence-corrected chi connectivity index (χ0v) is 19.7. The fraction of sp³-hybridized carbons (Fsp3) is 0.810. The molecule has 3 atom stereocenters. The lowest BCUT2D eigenvalue weighted by Crippen LogP contribution is -2.58. The molecule has 3 unspecified atom stereocenters. The highest BCUT2D eigenvalue weighted by molar-refractivity contribution is 6.10. The van der Waals surface area contributed by atoms with E-state index in [0.29, 0.717) is 19.3 Å². The maximum Gasteiger partial charge on any atom is 0.245 e. The largest absolute Gasteiger partial charge is 0.347 e. The van der Waals surface area contributed by atoms with Gasteiger partial charge in [0.1, 0.15) is 18.1 Å². The van der Waals surface area contributed by atoms with E-state index in [1.807, 2.05) is 0 Å². The molecule has 0 aromatic rings. The first-order chi connectivity index (χ1) is 14.6. The number of likely N-dealkylation sites (N-methyl/N-ethyl adjacent to an activating group) is 3. The normalized spacial score (nSPS) is 14.2. The fourth-order valence-corrected chi connectivity index (χ4v) is 3.56. The Kier molecular flexibility index (Phi) is 11.5. The van der Waals surface area contributed by atoms with Crippen LogP contribution in [0.2, 0.25) is 0 Å². The van der Waals surface area contributed by atoms with Crippen molar-refractivity contribution in [3.8, 4) is 0 Å². The Bertz CT molecular complexity index is 620. The molecule has 2 radical (unpaired) electrons. The SMILES string of the molecule is [2H]CN(C(=O)C(CC)N(CC)C(=O)C(CC)N(C[B])C(=O)CC)C(CC)C(=O)N(C)C. The molecule has 170 valence electrons. The predicted octanol–water partition coefficient (Wildman–Crippen LogP) is 1.08. The predicted molar refractivity (Wildman–Crippen MR) is 119 cm³/mol. The van der Waals surface area contributed by atoms with E-state index < -0.39 is 24.0 Å². The second kappa shape index (κ2) is 13.3. The second-order valence-electron chi connectivity index (χ2n) is 7.34. The third kappa shape index (κ3) is 6.47. The van der Waals surface area contributed by atoms with Gasteiger partial charge in [-0.1, -0.05) is 27.7 Å². The molecule has 8 nitrogen and oxygen atoms in total. The van der Waals surface area contributed by atoms with E-state index in [1.54, 1.807) is 48.7 Å². The maximum absolute atomic E-state index is 13.4. The van der Waals surface area contributed by atoms with Gasteiger partial charge in [0, 0.05) is 35.5 Å². The standard InChI is InChI=1S/C21H39BN4O4/c1-9-15(19(28)23(6)7)24(8)20(29)16(10-2)25(13-5)21(30)17(11-3)26(14-22)18(27)12-4/h15-17H,9-14H2,1-8H3/i8D. The number of rotatable bonds is 12. The van der Waals surface area contributed by atoms with Gasteiger partial charge in [0.25, 0.3) is 0 Å². The third-order valence-electron chi connectivity index (χ3n) is 5.31. The molecule has 0 saturated heterocycles. The fourth-order valence-electron chi connectivity index (χ4n) is 3.56. The van der Waals surface area contributed by atoms with Gasteiger partial charge in [-0.05, 0) is 32.6 Å². The summed E-state index contributed by atoms with van der Waals surface area (Å²) in [6.07, 6.45) is 1.18. The van der Waals surface area contributed by atoms with Crippen LogP contribution in [-0.4, -0.2) is 103 Å². The minimum absolute atomic E-state index is 0.0900. The molecule has 4 amide bonds. The van der Waals surface area contributed by atoms with Crippen LogP contribution < -0.4 is 0 Å². The molecule has 0 fully saturated rings. The Morgan fingerprint density at radius 3 is 1.63 bits per heavy atom. The number of carbonyl (C=O) groups is 4. The summed E-state index contributed by atoms with van der Waals surface area (Å²) in [6.45, 7) is 9.09. The molecule has 0 aliphatic carbocycles. The van der Waals surface area contributed by atoms with E-state index in [-0.39, 0.29) is 44.2 Å². The van der Waals surface area contributed by atoms with Crippen LogP contribution in [0.4, 0.5) is 0 Å². The Hall–Kier alpha value is -2.06. The van der Waals surface area contributed by atoms with Crippen LogP contribution in [0.15, 0.2) is 0 Å². The molecule has 0 bridgehead atoms. The molecule has 0 rings (SSSR count). The molecule has 0 aromatic heterocycles. The number of carbonyl (C=O) groups excluding carboxylic acids is 4. The highest BCUT2D eigenvalue weighted by atomic mass is 16.2. The topological polar surface area (TPSA) is 81.2 Å². The molecule has 0 N–H and O–H groups in total. The summed E-state index contributed by atoms with van der Waals surface area (Å²) < 4.78 is 7.89. The minimum Gasteiger partial charge on any atom is -0.347 e. The first kappa shape index (κ1) is 26.0. The van der Waals surface area contributed by atoms with Crippen molar-refractivity contribution in [3.63, 3.8) is 0 Å². The summed E-state index contributed by atoms with van der Waals surface area (Å²) in [4.78, 5) is 57.1. The summed E-state index contributed by atoms with van der Waals surface area (Å²) in [5.41, 5.74) is 0. The molecule has 30 heavy (non-hydrogen) atoms. The number of hydrogen-bond acceptors (Lipinski definition) is 4. The van der Waals surface area contributed by atoms with Gasteiger partial charge in [0.15, 0.2) is 0 Å². The van der Waals surface area contributed by atoms with Crippen LogP contribution in [0.1, 0.15) is 61.7 Å². The summed E-state index contributed by atoms with van der Waals surface area (Å²) in [7, 11) is 8.58. The van der Waals surface area contributed by atoms with E-state index in [2.05, 4.69) is 0 Å². The highest BCUT2D eigenvalue weighted by Gasteiger charge is 2.38. The molecular weight excluding hydrogens is 383 g/mol. The van der Waals surface area contributed by atoms with Crippen molar-refractivity contribution in [2.45, 2.75) is 78.4 Å². The van der Waals surface area contributed by atoms with Gasteiger partial charge in [-0.15, -0.1) is 0 Å². The minimum atomic E-state index is -0.836. The Morgan fingerprint density at radius 2 is 1.30 bits per heavy atom. The molecule has 0 saturated carbocycles. The lowest BCUT2D eigenvalue weighted by Gasteiger charge is -2.39. The molecule has 9 heteroatoms. The van der Waals surface area contributed by atoms with Crippen molar-refractivity contribution in [3.05, 3.63) is 0 Å². The first-order valence-electron chi connectivity index (χ1n) is 11.4. The van der Waals surface area contributed by atoms with Crippen LogP contribution in [0, 0.1) is 0 Å². The van der Waals surface area contributed by atoms with Crippen LogP contribution >= 0.6 is 0 Å². The van der Waals surface area contributed by atoms with Gasteiger partial charge in [0.2, 0.25) is 23.6 Å². The number of amides is 4. The first-order valence-corrected chi connectivity index (χ1v) is 10.7. The Morgan fingerprint density at radius 1 is 0.800 bits per heavy atom. The quantitative estimate of drug-likeness (QED) is 0.440. The maximum atomic E-state index is 13.4. The van der Waals surface area contributed by atoms with Crippen LogP contribution in [0.3, 0.4) is 0 Å². The summed E-state index contributed by atoms with van der Waals surface area (Å²) in [5, 5.41) is 0. The van der Waals surface area contributed by atoms with E-state index in [1.165, 1.54) is 19.6 Å². The van der Waals surface area contributed by atoms with Crippen molar-refractivity contribution in [2.75, 3.05) is 34.1 Å².